The average molecular weight is 218 g/mol. The minimum Gasteiger partial charge on any atom is -0.386 e. The molecule has 0 saturated carbocycles. The molecule has 1 saturated heterocycles. The Morgan fingerprint density at radius 3 is 2.86 bits per heavy atom. The van der Waals surface area contributed by atoms with E-state index in [9.17, 15) is 9.50 Å². The van der Waals surface area contributed by atoms with E-state index in [4.69, 9.17) is 11.6 Å². The first kappa shape index (κ1) is 9.61. The van der Waals surface area contributed by atoms with Gasteiger partial charge in [0.1, 0.15) is 5.02 Å². The summed E-state index contributed by atoms with van der Waals surface area (Å²) in [5, 5.41) is 9.78. The molecule has 2 rings (SSSR count). The van der Waals surface area contributed by atoms with Gasteiger partial charge in [0, 0.05) is 13.1 Å². The van der Waals surface area contributed by atoms with Crippen molar-refractivity contribution in [2.75, 3.05) is 18.0 Å². The summed E-state index contributed by atoms with van der Waals surface area (Å²) >= 11 is 5.78. The van der Waals surface area contributed by atoms with Crippen molar-refractivity contribution >= 4 is 17.4 Å². The van der Waals surface area contributed by atoms with Crippen molar-refractivity contribution in [3.8, 4) is 0 Å². The summed E-state index contributed by atoms with van der Waals surface area (Å²) in [6.07, 6.45) is 0.405. The maximum atomic E-state index is 12.7. The lowest BCUT2D eigenvalue weighted by Crippen LogP contribution is -2.60. The SMILES string of the molecule is CC1(O)CN(c2nc(F)ncc2Cl)C1. The third-order valence-corrected chi connectivity index (χ3v) is 2.33. The van der Waals surface area contributed by atoms with Crippen molar-refractivity contribution in [3.05, 3.63) is 17.3 Å². The van der Waals surface area contributed by atoms with E-state index in [1.807, 2.05) is 0 Å². The maximum absolute atomic E-state index is 12.7. The molecule has 0 spiro atoms. The first-order valence-electron chi connectivity index (χ1n) is 4.13. The summed E-state index contributed by atoms with van der Waals surface area (Å²) in [6.45, 7) is 2.52. The van der Waals surface area contributed by atoms with Crippen molar-refractivity contribution in [2.24, 2.45) is 0 Å². The normalized spacial score (nSPS) is 19.3. The largest absolute Gasteiger partial charge is 0.386 e. The second kappa shape index (κ2) is 3.03. The van der Waals surface area contributed by atoms with E-state index < -0.39 is 11.7 Å². The fourth-order valence-electron chi connectivity index (χ4n) is 1.48. The number of hydrogen-bond acceptors (Lipinski definition) is 4. The zero-order chi connectivity index (χ0) is 10.3. The van der Waals surface area contributed by atoms with Crippen LogP contribution in [-0.4, -0.2) is 33.8 Å². The molecule has 0 unspecified atom stereocenters. The molecule has 0 amide bonds. The monoisotopic (exact) mass is 217 g/mol. The lowest BCUT2D eigenvalue weighted by Gasteiger charge is -2.45. The summed E-state index contributed by atoms with van der Waals surface area (Å²) in [6, 6.07) is 0. The highest BCUT2D eigenvalue weighted by Gasteiger charge is 2.38. The van der Waals surface area contributed by atoms with Gasteiger partial charge in [0.25, 0.3) is 0 Å². The van der Waals surface area contributed by atoms with E-state index >= 15 is 0 Å². The second-order valence-electron chi connectivity index (χ2n) is 3.66. The van der Waals surface area contributed by atoms with Crippen molar-refractivity contribution in [1.82, 2.24) is 9.97 Å². The van der Waals surface area contributed by atoms with Crippen LogP contribution in [0.5, 0.6) is 0 Å². The van der Waals surface area contributed by atoms with Gasteiger partial charge >= 0.3 is 6.08 Å². The van der Waals surface area contributed by atoms with Crippen LogP contribution in [-0.2, 0) is 0 Å². The van der Waals surface area contributed by atoms with Gasteiger partial charge in [-0.05, 0) is 6.92 Å². The highest BCUT2D eigenvalue weighted by atomic mass is 35.5. The van der Waals surface area contributed by atoms with Gasteiger partial charge < -0.3 is 10.0 Å². The van der Waals surface area contributed by atoms with Gasteiger partial charge in [-0.2, -0.15) is 9.37 Å². The van der Waals surface area contributed by atoms with Crippen LogP contribution in [0.4, 0.5) is 10.2 Å². The standard InChI is InChI=1S/C8H9ClFN3O/c1-8(14)3-13(4-8)6-5(9)2-11-7(10)12-6/h2,14H,3-4H2,1H3. The Morgan fingerprint density at radius 1 is 1.64 bits per heavy atom. The fraction of sp³-hybridized carbons (Fsp3) is 0.500. The molecule has 76 valence electrons. The molecule has 0 bridgehead atoms. The molecule has 0 aliphatic carbocycles. The lowest BCUT2D eigenvalue weighted by molar-refractivity contribution is 0.0304. The molecule has 6 heteroatoms. The van der Waals surface area contributed by atoms with Gasteiger partial charge in [0.05, 0.1) is 11.8 Å². The highest BCUT2D eigenvalue weighted by Crippen LogP contribution is 2.30. The van der Waals surface area contributed by atoms with Crippen LogP contribution >= 0.6 is 11.6 Å². The zero-order valence-corrected chi connectivity index (χ0v) is 8.29. The molecule has 0 atom stereocenters. The average Bonchev–Trinajstić information content (AvgIpc) is 2.05. The Kier molecular flexibility index (Phi) is 2.08. The molecule has 0 aromatic carbocycles. The smallest absolute Gasteiger partial charge is 0.310 e. The molecule has 2 heterocycles. The topological polar surface area (TPSA) is 49.2 Å². The Labute approximate surface area is 85.3 Å². The minimum atomic E-state index is -0.809. The summed E-state index contributed by atoms with van der Waals surface area (Å²) in [4.78, 5) is 8.58. The van der Waals surface area contributed by atoms with E-state index in [2.05, 4.69) is 9.97 Å². The number of rotatable bonds is 1. The quantitative estimate of drug-likeness (QED) is 0.709. The molecular weight excluding hydrogens is 209 g/mol. The van der Waals surface area contributed by atoms with Crippen LogP contribution in [0.15, 0.2) is 6.20 Å². The van der Waals surface area contributed by atoms with Crippen molar-refractivity contribution in [3.63, 3.8) is 0 Å². The summed E-state index contributed by atoms with van der Waals surface area (Å²) < 4.78 is 12.7. The maximum Gasteiger partial charge on any atom is 0.310 e. The molecular formula is C8H9ClFN3O. The van der Waals surface area contributed by atoms with Crippen LogP contribution in [0.3, 0.4) is 0 Å². The zero-order valence-electron chi connectivity index (χ0n) is 7.54. The van der Waals surface area contributed by atoms with Crippen molar-refractivity contribution < 1.29 is 9.50 Å². The lowest BCUT2D eigenvalue weighted by atomic mass is 9.97. The second-order valence-corrected chi connectivity index (χ2v) is 4.07. The van der Waals surface area contributed by atoms with Crippen LogP contribution in [0, 0.1) is 6.08 Å². The molecule has 1 fully saturated rings. The van der Waals surface area contributed by atoms with Gasteiger partial charge in [-0.3, -0.25) is 0 Å². The third-order valence-electron chi connectivity index (χ3n) is 2.06. The molecule has 4 nitrogen and oxygen atoms in total. The Morgan fingerprint density at radius 2 is 2.29 bits per heavy atom. The Bertz CT molecular complexity index is 364. The Hall–Kier alpha value is -0.940. The third kappa shape index (κ3) is 1.65. The molecule has 0 radical (unpaired) electrons. The van der Waals surface area contributed by atoms with Crippen LogP contribution in [0.1, 0.15) is 6.92 Å². The number of anilines is 1. The number of halogens is 2. The summed E-state index contributed by atoms with van der Waals surface area (Å²) in [5.41, 5.74) is -0.731. The van der Waals surface area contributed by atoms with Crippen LogP contribution < -0.4 is 4.90 Å². The van der Waals surface area contributed by atoms with Crippen molar-refractivity contribution in [1.29, 1.82) is 0 Å². The van der Waals surface area contributed by atoms with Gasteiger partial charge in [-0.25, -0.2) is 4.98 Å². The number of aliphatic hydroxyl groups is 1. The molecule has 1 aromatic rings. The van der Waals surface area contributed by atoms with E-state index in [-0.39, 0.29) is 0 Å². The van der Waals surface area contributed by atoms with Gasteiger partial charge in [0.2, 0.25) is 0 Å². The predicted molar refractivity (Wildman–Crippen MR) is 49.8 cm³/mol. The predicted octanol–water partition coefficient (Wildman–Crippen LogP) is 0.840. The fourth-order valence-corrected chi connectivity index (χ4v) is 1.70. The van der Waals surface area contributed by atoms with E-state index in [0.717, 1.165) is 0 Å². The van der Waals surface area contributed by atoms with Crippen LogP contribution in [0.2, 0.25) is 5.02 Å². The van der Waals surface area contributed by atoms with Crippen LogP contribution in [0.25, 0.3) is 0 Å². The van der Waals surface area contributed by atoms with Gasteiger partial charge in [-0.1, -0.05) is 11.6 Å². The summed E-state index contributed by atoms with van der Waals surface area (Å²) in [5.74, 6) is 0.339. The number of β-amino-alcohol motifs (C(OH)–C–C–N with tert-alkyl or cyclic N) is 1. The van der Waals surface area contributed by atoms with Crippen molar-refractivity contribution in [2.45, 2.75) is 12.5 Å². The van der Waals surface area contributed by atoms with E-state index in [1.165, 1.54) is 6.20 Å². The first-order valence-corrected chi connectivity index (χ1v) is 4.51. The number of aromatic nitrogens is 2. The molecule has 1 aromatic heterocycles. The number of hydrogen-bond donors (Lipinski definition) is 1. The van der Waals surface area contributed by atoms with E-state index in [1.54, 1.807) is 11.8 Å². The van der Waals surface area contributed by atoms with Gasteiger partial charge in [0.15, 0.2) is 5.82 Å². The first-order chi connectivity index (χ1) is 6.48. The highest BCUT2D eigenvalue weighted by molar-refractivity contribution is 6.32. The Balaban J connectivity index is 2.22. The molecule has 1 N–H and O–H groups in total. The van der Waals surface area contributed by atoms with E-state index in [0.29, 0.717) is 23.9 Å². The van der Waals surface area contributed by atoms with Gasteiger partial charge in [-0.15, -0.1) is 0 Å². The molecule has 1 aliphatic rings. The summed E-state index contributed by atoms with van der Waals surface area (Å²) in [7, 11) is 0. The minimum absolute atomic E-state index is 0.293. The molecule has 14 heavy (non-hydrogen) atoms. The number of nitrogens with zero attached hydrogens (tertiary/aromatic N) is 3. The molecule has 1 aliphatic heterocycles.